The Bertz CT molecular complexity index is 1080. The SMILES string of the molecule is COc1cc(C(Nc2ccccc2)P(=O)(OC)c2ccc(N(C)C)cc2)cc(OC)c1OC. The summed E-state index contributed by atoms with van der Waals surface area (Å²) in [5.41, 5.74) is 2.48. The van der Waals surface area contributed by atoms with Gasteiger partial charge in [0.25, 0.3) is 7.37 Å². The molecule has 7 nitrogen and oxygen atoms in total. The molecule has 0 aliphatic carbocycles. The van der Waals surface area contributed by atoms with E-state index in [2.05, 4.69) is 5.32 Å². The molecule has 0 heterocycles. The fourth-order valence-corrected chi connectivity index (χ4v) is 5.78. The van der Waals surface area contributed by atoms with Crippen LogP contribution < -0.4 is 29.7 Å². The van der Waals surface area contributed by atoms with Crippen LogP contribution in [-0.4, -0.2) is 42.5 Å². The van der Waals surface area contributed by atoms with Gasteiger partial charge in [-0.15, -0.1) is 0 Å². The van der Waals surface area contributed by atoms with Crippen molar-refractivity contribution in [3.63, 3.8) is 0 Å². The number of hydrogen-bond donors (Lipinski definition) is 1. The second-order valence-corrected chi connectivity index (χ2v) is 10.2. The first-order valence-electron chi connectivity index (χ1n) is 10.4. The van der Waals surface area contributed by atoms with Gasteiger partial charge in [0.1, 0.15) is 5.78 Å². The standard InChI is InChI=1S/C25H31N2O5P/c1-27(2)20-12-14-21(15-13-20)33(28,32-6)25(26-19-10-8-7-9-11-19)18-16-22(29-3)24(31-5)23(17-18)30-4/h7-17,25-26H,1-6H3. The van der Waals surface area contributed by atoms with E-state index in [0.29, 0.717) is 28.1 Å². The molecule has 0 fully saturated rings. The average Bonchev–Trinajstić information content (AvgIpc) is 2.86. The molecule has 0 aliphatic rings. The monoisotopic (exact) mass is 470 g/mol. The lowest BCUT2D eigenvalue weighted by Crippen LogP contribution is -2.20. The molecular weight excluding hydrogens is 439 g/mol. The van der Waals surface area contributed by atoms with Crippen LogP contribution in [0.25, 0.3) is 0 Å². The van der Waals surface area contributed by atoms with Crippen LogP contribution >= 0.6 is 7.37 Å². The van der Waals surface area contributed by atoms with E-state index in [0.717, 1.165) is 11.4 Å². The van der Waals surface area contributed by atoms with Crippen LogP contribution in [0, 0.1) is 0 Å². The normalized spacial score (nSPS) is 13.5. The van der Waals surface area contributed by atoms with Crippen molar-refractivity contribution < 1.29 is 23.3 Å². The molecule has 3 aromatic carbocycles. The Morgan fingerprint density at radius 1 is 0.818 bits per heavy atom. The van der Waals surface area contributed by atoms with Crippen LogP contribution in [0.5, 0.6) is 17.2 Å². The zero-order valence-corrected chi connectivity index (χ0v) is 20.8. The Kier molecular flexibility index (Phi) is 7.90. The molecule has 0 radical (unpaired) electrons. The van der Waals surface area contributed by atoms with Gasteiger partial charge in [-0.3, -0.25) is 4.57 Å². The summed E-state index contributed by atoms with van der Waals surface area (Å²) in [6.07, 6.45) is 0. The summed E-state index contributed by atoms with van der Waals surface area (Å²) < 4.78 is 36.9. The molecule has 8 heteroatoms. The Morgan fingerprint density at radius 2 is 1.39 bits per heavy atom. The molecule has 0 aliphatic heterocycles. The Labute approximate surface area is 195 Å². The van der Waals surface area contributed by atoms with Crippen molar-refractivity contribution in [2.24, 2.45) is 0 Å². The van der Waals surface area contributed by atoms with E-state index in [4.69, 9.17) is 18.7 Å². The van der Waals surface area contributed by atoms with Gasteiger partial charge in [0.15, 0.2) is 11.5 Å². The highest BCUT2D eigenvalue weighted by Gasteiger charge is 2.38. The maximum atomic E-state index is 14.5. The summed E-state index contributed by atoms with van der Waals surface area (Å²) in [5, 5.41) is 4.01. The van der Waals surface area contributed by atoms with Gasteiger partial charge in [0, 0.05) is 37.9 Å². The third-order valence-electron chi connectivity index (χ3n) is 5.42. The molecular formula is C25H31N2O5P. The van der Waals surface area contributed by atoms with E-state index in [9.17, 15) is 4.57 Å². The Balaban J connectivity index is 2.20. The largest absolute Gasteiger partial charge is 0.493 e. The highest BCUT2D eigenvalue weighted by molar-refractivity contribution is 7.67. The van der Waals surface area contributed by atoms with Crippen molar-refractivity contribution in [3.8, 4) is 17.2 Å². The average molecular weight is 471 g/mol. The van der Waals surface area contributed by atoms with Crippen LogP contribution in [0.4, 0.5) is 11.4 Å². The van der Waals surface area contributed by atoms with Gasteiger partial charge in [0.05, 0.1) is 21.3 Å². The number of ether oxygens (including phenoxy) is 3. The highest BCUT2D eigenvalue weighted by atomic mass is 31.2. The number of para-hydroxylation sites is 1. The molecule has 0 aromatic heterocycles. The number of rotatable bonds is 10. The third kappa shape index (κ3) is 5.10. The van der Waals surface area contributed by atoms with Crippen LogP contribution in [0.15, 0.2) is 66.7 Å². The van der Waals surface area contributed by atoms with Crippen molar-refractivity contribution in [2.45, 2.75) is 5.78 Å². The Hall–Kier alpha value is -3.15. The lowest BCUT2D eigenvalue weighted by atomic mass is 10.1. The lowest BCUT2D eigenvalue weighted by Gasteiger charge is -2.30. The minimum absolute atomic E-state index is 0.463. The van der Waals surface area contributed by atoms with Gasteiger partial charge in [-0.25, -0.2) is 0 Å². The molecule has 33 heavy (non-hydrogen) atoms. The predicted molar refractivity (Wildman–Crippen MR) is 134 cm³/mol. The zero-order valence-electron chi connectivity index (χ0n) is 19.9. The summed E-state index contributed by atoms with van der Waals surface area (Å²) >= 11 is 0. The smallest absolute Gasteiger partial charge is 0.257 e. The van der Waals surface area contributed by atoms with E-state index in [1.165, 1.54) is 7.11 Å². The van der Waals surface area contributed by atoms with Gasteiger partial charge < -0.3 is 29.0 Å². The van der Waals surface area contributed by atoms with E-state index in [1.807, 2.05) is 73.6 Å². The number of nitrogens with one attached hydrogen (secondary N) is 1. The Morgan fingerprint density at radius 3 is 1.85 bits per heavy atom. The van der Waals surface area contributed by atoms with Gasteiger partial charge >= 0.3 is 0 Å². The maximum absolute atomic E-state index is 14.5. The van der Waals surface area contributed by atoms with Gasteiger partial charge in [-0.1, -0.05) is 18.2 Å². The number of nitrogens with zero attached hydrogens (tertiary/aromatic N) is 1. The first-order chi connectivity index (χ1) is 15.9. The summed E-state index contributed by atoms with van der Waals surface area (Å²) in [6, 6.07) is 20.7. The van der Waals surface area contributed by atoms with E-state index < -0.39 is 13.2 Å². The van der Waals surface area contributed by atoms with Crippen molar-refractivity contribution in [1.82, 2.24) is 0 Å². The molecule has 1 N–H and O–H groups in total. The van der Waals surface area contributed by atoms with E-state index >= 15 is 0 Å². The van der Waals surface area contributed by atoms with E-state index in [1.54, 1.807) is 33.5 Å². The first kappa shape index (κ1) is 24.5. The summed E-state index contributed by atoms with van der Waals surface area (Å²) in [5.74, 6) is 0.684. The van der Waals surface area contributed by atoms with Crippen LogP contribution in [-0.2, 0) is 9.09 Å². The van der Waals surface area contributed by atoms with Gasteiger partial charge in [-0.2, -0.15) is 0 Å². The summed E-state index contributed by atoms with van der Waals surface area (Å²) in [6.45, 7) is 0. The van der Waals surface area contributed by atoms with Crippen LogP contribution in [0.1, 0.15) is 11.3 Å². The quantitative estimate of drug-likeness (QED) is 0.412. The van der Waals surface area contributed by atoms with Crippen molar-refractivity contribution in [3.05, 3.63) is 72.3 Å². The molecule has 2 unspecified atom stereocenters. The lowest BCUT2D eigenvalue weighted by molar-refractivity contribution is 0.323. The maximum Gasteiger partial charge on any atom is 0.257 e. The zero-order chi connectivity index (χ0) is 24.0. The second kappa shape index (κ2) is 10.6. The first-order valence-corrected chi connectivity index (χ1v) is 12.1. The van der Waals surface area contributed by atoms with Gasteiger partial charge in [-0.05, 0) is 54.1 Å². The fourth-order valence-electron chi connectivity index (χ4n) is 3.63. The molecule has 0 spiro atoms. The third-order valence-corrected chi connectivity index (χ3v) is 8.08. The molecule has 0 saturated carbocycles. The fraction of sp³-hybridized carbons (Fsp3) is 0.280. The molecule has 2 atom stereocenters. The van der Waals surface area contributed by atoms with Crippen LogP contribution in [0.3, 0.4) is 0 Å². The number of benzene rings is 3. The molecule has 3 aromatic rings. The molecule has 176 valence electrons. The molecule has 0 saturated heterocycles. The highest BCUT2D eigenvalue weighted by Crippen LogP contribution is 2.59. The second-order valence-electron chi connectivity index (χ2n) is 7.56. The molecule has 0 bridgehead atoms. The summed E-state index contributed by atoms with van der Waals surface area (Å²) in [4.78, 5) is 1.99. The van der Waals surface area contributed by atoms with E-state index in [-0.39, 0.29) is 0 Å². The van der Waals surface area contributed by atoms with Crippen molar-refractivity contribution in [1.29, 1.82) is 0 Å². The minimum atomic E-state index is -3.47. The number of methoxy groups -OCH3 is 3. The number of anilines is 2. The van der Waals surface area contributed by atoms with Crippen molar-refractivity contribution in [2.75, 3.05) is 52.8 Å². The van der Waals surface area contributed by atoms with Crippen LogP contribution in [0.2, 0.25) is 0 Å². The van der Waals surface area contributed by atoms with Crippen molar-refractivity contribution >= 4 is 24.0 Å². The minimum Gasteiger partial charge on any atom is -0.493 e. The number of hydrogen-bond acceptors (Lipinski definition) is 7. The predicted octanol–water partition coefficient (Wildman–Crippen LogP) is 5.14. The topological polar surface area (TPSA) is 69.3 Å². The summed E-state index contributed by atoms with van der Waals surface area (Å²) in [7, 11) is 6.57. The molecule has 0 amide bonds. The van der Waals surface area contributed by atoms with Gasteiger partial charge in [0.2, 0.25) is 5.75 Å². The molecule has 3 rings (SSSR count).